The lowest BCUT2D eigenvalue weighted by Crippen LogP contribution is -2.31. The zero-order chi connectivity index (χ0) is 21.6. The molecule has 0 aliphatic heterocycles. The van der Waals surface area contributed by atoms with E-state index in [2.05, 4.69) is 20.6 Å². The van der Waals surface area contributed by atoms with Crippen LogP contribution in [0.1, 0.15) is 5.56 Å². The summed E-state index contributed by atoms with van der Waals surface area (Å²) in [5, 5.41) is 15.3. The Labute approximate surface area is 178 Å². The maximum absolute atomic E-state index is 11.9. The minimum absolute atomic E-state index is 0.353. The van der Waals surface area contributed by atoms with Crippen LogP contribution in [0, 0.1) is 11.3 Å². The van der Waals surface area contributed by atoms with E-state index in [9.17, 15) is 4.79 Å². The zero-order valence-electron chi connectivity index (χ0n) is 16.7. The van der Waals surface area contributed by atoms with Gasteiger partial charge in [0.05, 0.1) is 42.2 Å². The van der Waals surface area contributed by atoms with Crippen molar-refractivity contribution < 1.29 is 9.53 Å². The van der Waals surface area contributed by atoms with E-state index in [1.165, 1.54) is 0 Å². The summed E-state index contributed by atoms with van der Waals surface area (Å²) in [6.45, 7) is 1.77. The molecular weight excluding hydrogens is 394 g/mol. The second-order valence-electron chi connectivity index (χ2n) is 6.84. The Hall–Kier alpha value is -4.16. The molecule has 0 atom stereocenters. The van der Waals surface area contributed by atoms with Crippen molar-refractivity contribution in [3.63, 3.8) is 0 Å². The molecule has 0 saturated heterocycles. The fourth-order valence-corrected chi connectivity index (χ4v) is 3.32. The number of nitrogens with zero attached hydrogens (tertiary/aromatic N) is 4. The van der Waals surface area contributed by atoms with Gasteiger partial charge < -0.3 is 25.7 Å². The number of carbonyl (C=O) groups is 1. The Bertz CT molecular complexity index is 1280. The topological polar surface area (TPSA) is 131 Å². The number of anilines is 2. The van der Waals surface area contributed by atoms with Gasteiger partial charge in [0.1, 0.15) is 5.52 Å². The third-order valence-corrected chi connectivity index (χ3v) is 4.74. The van der Waals surface area contributed by atoms with Gasteiger partial charge in [0.15, 0.2) is 5.82 Å². The largest absolute Gasteiger partial charge is 0.382 e. The van der Waals surface area contributed by atoms with Crippen LogP contribution in [0.15, 0.2) is 54.9 Å². The molecule has 0 unspecified atom stereocenters. The van der Waals surface area contributed by atoms with Crippen molar-refractivity contribution in [3.05, 3.63) is 60.4 Å². The average Bonchev–Trinajstić information content (AvgIpc) is 3.21. The van der Waals surface area contributed by atoms with Crippen LogP contribution < -0.4 is 16.4 Å². The Kier molecular flexibility index (Phi) is 5.91. The quantitative estimate of drug-likeness (QED) is 0.398. The summed E-state index contributed by atoms with van der Waals surface area (Å²) in [4.78, 5) is 20.7. The second-order valence-corrected chi connectivity index (χ2v) is 6.84. The molecule has 9 heteroatoms. The number of nitrogen functional groups attached to an aromatic ring is 1. The summed E-state index contributed by atoms with van der Waals surface area (Å²) in [6, 6.07) is 16.2. The molecule has 2 aromatic carbocycles. The summed E-state index contributed by atoms with van der Waals surface area (Å²) in [5.74, 6) is 0.406. The fraction of sp³-hybridized carbons (Fsp3) is 0.182. The number of imidazole rings is 1. The van der Waals surface area contributed by atoms with Crippen LogP contribution >= 0.6 is 0 Å². The number of fused-ring (bicyclic) bond motifs is 3. The molecule has 4 rings (SSSR count). The van der Waals surface area contributed by atoms with Gasteiger partial charge >= 0.3 is 6.03 Å². The van der Waals surface area contributed by atoms with E-state index < -0.39 is 0 Å². The fourth-order valence-electron chi connectivity index (χ4n) is 3.32. The number of ether oxygens (including phenoxy) is 1. The maximum Gasteiger partial charge on any atom is 0.319 e. The van der Waals surface area contributed by atoms with Gasteiger partial charge in [-0.05, 0) is 24.3 Å². The first kappa shape index (κ1) is 20.1. The number of carbonyl (C=O) groups excluding carboxylic acids is 1. The molecule has 0 bridgehead atoms. The van der Waals surface area contributed by atoms with Crippen LogP contribution in [0.5, 0.6) is 0 Å². The van der Waals surface area contributed by atoms with E-state index in [0.717, 1.165) is 16.4 Å². The minimum Gasteiger partial charge on any atom is -0.382 e. The minimum atomic E-state index is -0.353. The summed E-state index contributed by atoms with van der Waals surface area (Å²) < 4.78 is 7.65. The Morgan fingerprint density at radius 2 is 2.06 bits per heavy atom. The molecule has 2 aromatic heterocycles. The van der Waals surface area contributed by atoms with Crippen LogP contribution in [0.25, 0.3) is 21.9 Å². The number of pyridine rings is 1. The first-order valence-electron chi connectivity index (χ1n) is 9.77. The van der Waals surface area contributed by atoms with Gasteiger partial charge in [0, 0.05) is 24.2 Å². The van der Waals surface area contributed by atoms with Gasteiger partial charge in [-0.25, -0.2) is 14.8 Å². The average molecular weight is 415 g/mol. The molecular formula is C22H21N7O2. The van der Waals surface area contributed by atoms with Crippen molar-refractivity contribution in [1.82, 2.24) is 19.9 Å². The third kappa shape index (κ3) is 4.55. The highest BCUT2D eigenvalue weighted by Crippen LogP contribution is 2.26. The molecule has 2 heterocycles. The van der Waals surface area contributed by atoms with Crippen LogP contribution in [0.4, 0.5) is 16.3 Å². The smallest absolute Gasteiger partial charge is 0.319 e. The number of amides is 2. The first-order chi connectivity index (χ1) is 15.2. The van der Waals surface area contributed by atoms with Crippen LogP contribution in [-0.2, 0) is 11.3 Å². The molecule has 4 aromatic rings. The molecule has 0 radical (unpaired) electrons. The lowest BCUT2D eigenvalue weighted by molar-refractivity contribution is 0.130. The van der Waals surface area contributed by atoms with Gasteiger partial charge in [-0.2, -0.15) is 5.26 Å². The molecule has 0 spiro atoms. The molecule has 0 aliphatic carbocycles. The number of para-hydroxylation sites is 1. The van der Waals surface area contributed by atoms with Crippen molar-refractivity contribution in [1.29, 1.82) is 5.26 Å². The van der Waals surface area contributed by atoms with Gasteiger partial charge in [0.2, 0.25) is 0 Å². The van der Waals surface area contributed by atoms with Gasteiger partial charge in [0.25, 0.3) is 0 Å². The number of nitrogens with two attached hydrogens (primary N) is 1. The lowest BCUT2D eigenvalue weighted by atomic mass is 10.2. The maximum atomic E-state index is 11.9. The number of benzene rings is 2. The zero-order valence-corrected chi connectivity index (χ0v) is 16.7. The van der Waals surface area contributed by atoms with E-state index in [4.69, 9.17) is 15.7 Å². The second kappa shape index (κ2) is 9.11. The Morgan fingerprint density at radius 3 is 2.94 bits per heavy atom. The normalized spacial score (nSPS) is 10.8. The monoisotopic (exact) mass is 415 g/mol. The molecule has 2 amide bonds. The van der Waals surface area contributed by atoms with Crippen LogP contribution in [-0.4, -0.2) is 40.3 Å². The van der Waals surface area contributed by atoms with Crippen molar-refractivity contribution in [3.8, 4) is 6.07 Å². The van der Waals surface area contributed by atoms with E-state index >= 15 is 0 Å². The Morgan fingerprint density at radius 1 is 1.19 bits per heavy atom. The highest BCUT2D eigenvalue weighted by molar-refractivity contribution is 6.06. The van der Waals surface area contributed by atoms with Crippen LogP contribution in [0.3, 0.4) is 0 Å². The van der Waals surface area contributed by atoms with E-state index in [1.54, 1.807) is 30.6 Å². The molecule has 0 saturated carbocycles. The number of hydrogen-bond donors (Lipinski definition) is 3. The Balaban J connectivity index is 1.26. The van der Waals surface area contributed by atoms with Crippen LogP contribution in [0.2, 0.25) is 0 Å². The predicted molar refractivity (Wildman–Crippen MR) is 118 cm³/mol. The predicted octanol–water partition coefficient (Wildman–Crippen LogP) is 2.88. The molecule has 156 valence electrons. The highest BCUT2D eigenvalue weighted by atomic mass is 16.5. The number of nitrogens with one attached hydrogen (secondary N) is 2. The van der Waals surface area contributed by atoms with Gasteiger partial charge in [-0.3, -0.25) is 0 Å². The SMILES string of the molecule is N#Cc1cccc(NC(=O)NCCOCCn2cnc3c(N)nc4ccccc4c32)c1. The van der Waals surface area contributed by atoms with Crippen molar-refractivity contribution >= 4 is 39.5 Å². The lowest BCUT2D eigenvalue weighted by Gasteiger charge is -2.10. The number of rotatable bonds is 7. The highest BCUT2D eigenvalue weighted by Gasteiger charge is 2.11. The van der Waals surface area contributed by atoms with Crippen molar-refractivity contribution in [2.45, 2.75) is 6.54 Å². The number of nitriles is 1. The molecule has 0 fully saturated rings. The van der Waals surface area contributed by atoms with Crippen molar-refractivity contribution in [2.24, 2.45) is 0 Å². The van der Waals surface area contributed by atoms with Gasteiger partial charge in [-0.15, -0.1) is 0 Å². The number of urea groups is 1. The standard InChI is InChI=1S/C22H21N7O2/c23-13-15-4-3-5-16(12-15)27-22(30)25-8-10-31-11-9-29-14-26-19-20(29)17-6-1-2-7-18(17)28-21(19)24/h1-7,12,14H,8-11H2,(H2,24,28)(H2,25,27,30). The van der Waals surface area contributed by atoms with E-state index in [1.807, 2.05) is 34.9 Å². The third-order valence-electron chi connectivity index (χ3n) is 4.74. The summed E-state index contributed by atoms with van der Waals surface area (Å²) in [7, 11) is 0. The van der Waals surface area contributed by atoms with Crippen molar-refractivity contribution in [2.75, 3.05) is 30.8 Å². The summed E-state index contributed by atoms with van der Waals surface area (Å²) in [5.41, 5.74) is 9.53. The molecule has 0 aliphatic rings. The molecule has 31 heavy (non-hydrogen) atoms. The summed E-state index contributed by atoms with van der Waals surface area (Å²) >= 11 is 0. The first-order valence-corrected chi connectivity index (χ1v) is 9.77. The van der Waals surface area contributed by atoms with E-state index in [-0.39, 0.29) is 6.03 Å². The number of hydrogen-bond acceptors (Lipinski definition) is 6. The summed E-state index contributed by atoms with van der Waals surface area (Å²) in [6.07, 6.45) is 1.74. The molecule has 9 nitrogen and oxygen atoms in total. The molecule has 4 N–H and O–H groups in total. The van der Waals surface area contributed by atoms with Gasteiger partial charge in [-0.1, -0.05) is 24.3 Å². The van der Waals surface area contributed by atoms with E-state index in [0.29, 0.717) is 48.9 Å². The number of aromatic nitrogens is 3.